The van der Waals surface area contributed by atoms with E-state index in [0.717, 1.165) is 6.07 Å². The minimum Gasteiger partial charge on any atom is -0.326 e. The molecular formula is C9H7F2N3O. The van der Waals surface area contributed by atoms with E-state index in [1.165, 1.54) is 0 Å². The minimum absolute atomic E-state index is 0.0145. The van der Waals surface area contributed by atoms with E-state index in [1.54, 1.807) is 6.07 Å². The number of carbonyl (C=O) groups is 1. The highest BCUT2D eigenvalue weighted by atomic mass is 19.3. The van der Waals surface area contributed by atoms with Gasteiger partial charge in [0.2, 0.25) is 0 Å². The normalized spacial score (nSPS) is 10.1. The van der Waals surface area contributed by atoms with Crippen LogP contribution in [0.5, 0.6) is 0 Å². The van der Waals surface area contributed by atoms with Gasteiger partial charge in [0.15, 0.2) is 6.29 Å². The number of halogens is 2. The van der Waals surface area contributed by atoms with Gasteiger partial charge in [-0.2, -0.15) is 5.26 Å². The summed E-state index contributed by atoms with van der Waals surface area (Å²) < 4.78 is 24.6. The molecule has 6 heteroatoms. The Morgan fingerprint density at radius 2 is 2.33 bits per heavy atom. The van der Waals surface area contributed by atoms with Crippen LogP contribution in [0.2, 0.25) is 0 Å². The smallest absolute Gasteiger partial charge is 0.280 e. The zero-order valence-corrected chi connectivity index (χ0v) is 7.58. The van der Waals surface area contributed by atoms with Crippen molar-refractivity contribution in [1.82, 2.24) is 4.98 Å². The van der Waals surface area contributed by atoms with E-state index < -0.39 is 12.1 Å². The number of hydrogen-bond donors (Lipinski definition) is 1. The van der Waals surface area contributed by atoms with E-state index in [1.807, 2.05) is 0 Å². The number of hydrogen-bond acceptors (Lipinski definition) is 4. The maximum atomic E-state index is 12.3. The Morgan fingerprint density at radius 1 is 1.67 bits per heavy atom. The number of rotatable bonds is 3. The van der Waals surface area contributed by atoms with Crippen LogP contribution in [0.25, 0.3) is 0 Å². The van der Waals surface area contributed by atoms with Crippen molar-refractivity contribution in [2.75, 3.05) is 0 Å². The van der Waals surface area contributed by atoms with Gasteiger partial charge in [-0.25, -0.2) is 13.8 Å². The first kappa shape index (κ1) is 11.2. The molecule has 0 aliphatic heterocycles. The molecule has 0 aliphatic rings. The third kappa shape index (κ3) is 2.14. The van der Waals surface area contributed by atoms with Crippen LogP contribution in [0.15, 0.2) is 6.07 Å². The second-order valence-electron chi connectivity index (χ2n) is 2.70. The maximum Gasteiger partial charge on any atom is 0.280 e. The molecule has 0 saturated heterocycles. The first-order valence-corrected chi connectivity index (χ1v) is 4.01. The molecule has 0 aliphatic carbocycles. The van der Waals surface area contributed by atoms with Gasteiger partial charge in [0.1, 0.15) is 17.5 Å². The molecule has 0 aromatic carbocycles. The molecule has 0 saturated carbocycles. The lowest BCUT2D eigenvalue weighted by molar-refractivity contribution is 0.112. The Kier molecular flexibility index (Phi) is 3.42. The number of carbonyl (C=O) groups excluding carboxylic acids is 1. The molecule has 0 unspecified atom stereocenters. The zero-order chi connectivity index (χ0) is 11.4. The molecule has 0 atom stereocenters. The van der Waals surface area contributed by atoms with Crippen LogP contribution in [0.1, 0.15) is 33.7 Å². The van der Waals surface area contributed by atoms with Crippen molar-refractivity contribution >= 4 is 6.29 Å². The predicted molar refractivity (Wildman–Crippen MR) is 47.2 cm³/mol. The molecule has 15 heavy (non-hydrogen) atoms. The van der Waals surface area contributed by atoms with Crippen LogP contribution in [-0.4, -0.2) is 11.3 Å². The summed E-state index contributed by atoms with van der Waals surface area (Å²) in [4.78, 5) is 14.0. The molecule has 1 aromatic rings. The monoisotopic (exact) mass is 211 g/mol. The van der Waals surface area contributed by atoms with Crippen LogP contribution in [0.3, 0.4) is 0 Å². The number of aromatic nitrogens is 1. The van der Waals surface area contributed by atoms with Crippen molar-refractivity contribution in [3.8, 4) is 6.07 Å². The first-order valence-electron chi connectivity index (χ1n) is 4.01. The Morgan fingerprint density at radius 3 is 2.73 bits per heavy atom. The van der Waals surface area contributed by atoms with E-state index in [2.05, 4.69) is 4.98 Å². The number of nitrogens with two attached hydrogens (primary N) is 1. The minimum atomic E-state index is -2.82. The summed E-state index contributed by atoms with van der Waals surface area (Å²) in [6.07, 6.45) is -2.43. The largest absolute Gasteiger partial charge is 0.326 e. The fraction of sp³-hybridized carbons (Fsp3) is 0.222. The van der Waals surface area contributed by atoms with Crippen LogP contribution in [-0.2, 0) is 6.54 Å². The standard InChI is InChI=1S/C9H7F2N3O/c10-9(11)7-1-5(4-15)6(2-12)8(3-13)14-7/h1,4,9H,2,12H2. The Bertz CT molecular complexity index is 426. The summed E-state index contributed by atoms with van der Waals surface area (Å²) >= 11 is 0. The van der Waals surface area contributed by atoms with Gasteiger partial charge in [-0.3, -0.25) is 4.79 Å². The summed E-state index contributed by atoms with van der Waals surface area (Å²) in [5.74, 6) is 0. The number of aldehydes is 1. The third-order valence-corrected chi connectivity index (χ3v) is 1.84. The van der Waals surface area contributed by atoms with Gasteiger partial charge in [0.05, 0.1) is 0 Å². The van der Waals surface area contributed by atoms with Crippen LogP contribution in [0.4, 0.5) is 8.78 Å². The average Bonchev–Trinajstić information content (AvgIpc) is 2.26. The number of nitrogens with zero attached hydrogens (tertiary/aromatic N) is 2. The van der Waals surface area contributed by atoms with Crippen LogP contribution < -0.4 is 5.73 Å². The maximum absolute atomic E-state index is 12.3. The first-order chi connectivity index (χ1) is 7.13. The molecule has 1 heterocycles. The van der Waals surface area contributed by atoms with Crippen molar-refractivity contribution in [3.05, 3.63) is 28.6 Å². The lowest BCUT2D eigenvalue weighted by Gasteiger charge is -2.06. The van der Waals surface area contributed by atoms with Gasteiger partial charge in [-0.15, -0.1) is 0 Å². The van der Waals surface area contributed by atoms with E-state index in [4.69, 9.17) is 11.0 Å². The topological polar surface area (TPSA) is 79.8 Å². The highest BCUT2D eigenvalue weighted by Crippen LogP contribution is 2.20. The fourth-order valence-electron chi connectivity index (χ4n) is 1.14. The molecule has 0 amide bonds. The van der Waals surface area contributed by atoms with Gasteiger partial charge in [-0.05, 0) is 6.07 Å². The van der Waals surface area contributed by atoms with Gasteiger partial charge in [-0.1, -0.05) is 0 Å². The third-order valence-electron chi connectivity index (χ3n) is 1.84. The van der Waals surface area contributed by atoms with Gasteiger partial charge >= 0.3 is 0 Å². The van der Waals surface area contributed by atoms with Crippen molar-refractivity contribution in [1.29, 1.82) is 5.26 Å². The van der Waals surface area contributed by atoms with E-state index in [-0.39, 0.29) is 23.4 Å². The average molecular weight is 211 g/mol. The van der Waals surface area contributed by atoms with Gasteiger partial charge in [0, 0.05) is 17.7 Å². The lowest BCUT2D eigenvalue weighted by Crippen LogP contribution is -2.08. The van der Waals surface area contributed by atoms with E-state index in [9.17, 15) is 13.6 Å². The molecule has 2 N–H and O–H groups in total. The molecule has 0 radical (unpaired) electrons. The number of pyridine rings is 1. The zero-order valence-electron chi connectivity index (χ0n) is 7.58. The summed E-state index contributed by atoms with van der Waals surface area (Å²) in [5.41, 5.74) is 4.65. The quantitative estimate of drug-likeness (QED) is 0.761. The number of nitriles is 1. The summed E-state index contributed by atoms with van der Waals surface area (Å²) in [6.45, 7) is -0.0898. The van der Waals surface area contributed by atoms with Crippen LogP contribution >= 0.6 is 0 Å². The highest BCUT2D eigenvalue weighted by molar-refractivity contribution is 5.78. The van der Waals surface area contributed by atoms with Gasteiger partial charge < -0.3 is 5.73 Å². The molecular weight excluding hydrogens is 204 g/mol. The van der Waals surface area contributed by atoms with Crippen molar-refractivity contribution in [2.45, 2.75) is 13.0 Å². The van der Waals surface area contributed by atoms with Crippen molar-refractivity contribution in [3.63, 3.8) is 0 Å². The molecule has 1 rings (SSSR count). The highest BCUT2D eigenvalue weighted by Gasteiger charge is 2.16. The summed E-state index contributed by atoms with van der Waals surface area (Å²) in [6, 6.07) is 2.58. The number of alkyl halides is 2. The Labute approximate surface area is 84.3 Å². The van der Waals surface area contributed by atoms with Gasteiger partial charge in [0.25, 0.3) is 6.43 Å². The Balaban J connectivity index is 3.44. The molecule has 0 bridgehead atoms. The molecule has 0 spiro atoms. The van der Waals surface area contributed by atoms with E-state index in [0.29, 0.717) is 6.29 Å². The molecule has 78 valence electrons. The summed E-state index contributed by atoms with van der Waals surface area (Å²) in [5, 5.41) is 8.65. The Hall–Kier alpha value is -1.87. The summed E-state index contributed by atoms with van der Waals surface area (Å²) in [7, 11) is 0. The van der Waals surface area contributed by atoms with Crippen molar-refractivity contribution < 1.29 is 13.6 Å². The second-order valence-corrected chi connectivity index (χ2v) is 2.70. The fourth-order valence-corrected chi connectivity index (χ4v) is 1.14. The molecule has 0 fully saturated rings. The predicted octanol–water partition coefficient (Wildman–Crippen LogP) is 1.16. The second kappa shape index (κ2) is 4.57. The SMILES string of the molecule is N#Cc1nc(C(F)F)cc(C=O)c1CN. The van der Waals surface area contributed by atoms with E-state index >= 15 is 0 Å². The lowest BCUT2D eigenvalue weighted by atomic mass is 10.1. The van der Waals surface area contributed by atoms with Crippen LogP contribution in [0, 0.1) is 11.3 Å². The molecule has 4 nitrogen and oxygen atoms in total. The molecule has 1 aromatic heterocycles. The van der Waals surface area contributed by atoms with Crippen molar-refractivity contribution in [2.24, 2.45) is 5.73 Å².